The van der Waals surface area contributed by atoms with Gasteiger partial charge in [-0.25, -0.2) is 0 Å². The maximum Gasteiger partial charge on any atom is 0.436 e. The number of rotatable bonds is 3. The Morgan fingerprint density at radius 3 is 2.64 bits per heavy atom. The molecule has 1 aliphatic rings. The number of alkyl halides is 3. The van der Waals surface area contributed by atoms with Crippen LogP contribution in [-0.4, -0.2) is 11.1 Å². The molecule has 116 valence electrons. The maximum absolute atomic E-state index is 12.6. The first-order valence-corrected chi connectivity index (χ1v) is 6.87. The molecule has 1 aliphatic carbocycles. The minimum absolute atomic E-state index is 0.0380. The minimum Gasteiger partial charge on any atom is -0.356 e. The van der Waals surface area contributed by atoms with E-state index in [2.05, 4.69) is 10.5 Å². The van der Waals surface area contributed by atoms with Gasteiger partial charge in [-0.2, -0.15) is 13.2 Å². The summed E-state index contributed by atoms with van der Waals surface area (Å²) in [5.74, 6) is -0.316. The Hall–Kier alpha value is -2.02. The summed E-state index contributed by atoms with van der Waals surface area (Å²) in [6, 6.07) is 5.26. The van der Waals surface area contributed by atoms with E-state index < -0.39 is 11.9 Å². The first-order valence-electron chi connectivity index (χ1n) is 6.49. The van der Waals surface area contributed by atoms with Gasteiger partial charge in [0.2, 0.25) is 5.91 Å². The number of benzene rings is 1. The summed E-state index contributed by atoms with van der Waals surface area (Å²) in [4.78, 5) is 11.8. The number of halogens is 4. The predicted octanol–water partition coefficient (Wildman–Crippen LogP) is 4.36. The minimum atomic E-state index is -4.60. The number of carbonyl (C=O) groups is 1. The highest BCUT2D eigenvalue weighted by molar-refractivity contribution is 6.31. The predicted molar refractivity (Wildman–Crippen MR) is 73.3 cm³/mol. The Balaban J connectivity index is 1.96. The van der Waals surface area contributed by atoms with Gasteiger partial charge in [-0.05, 0) is 31.0 Å². The molecule has 1 saturated carbocycles. The van der Waals surface area contributed by atoms with E-state index in [1.54, 1.807) is 0 Å². The molecule has 0 radical (unpaired) electrons. The summed E-state index contributed by atoms with van der Waals surface area (Å²) in [6.07, 6.45) is -2.97. The van der Waals surface area contributed by atoms with Gasteiger partial charge in [0.25, 0.3) is 0 Å². The zero-order valence-electron chi connectivity index (χ0n) is 11.1. The molecule has 0 atom stereocenters. The summed E-state index contributed by atoms with van der Waals surface area (Å²) in [5, 5.41) is 5.99. The lowest BCUT2D eigenvalue weighted by molar-refractivity contribution is -0.142. The van der Waals surface area contributed by atoms with E-state index in [-0.39, 0.29) is 23.1 Å². The van der Waals surface area contributed by atoms with Crippen LogP contribution in [0.25, 0.3) is 11.3 Å². The summed E-state index contributed by atoms with van der Waals surface area (Å²) in [7, 11) is 0. The van der Waals surface area contributed by atoms with Gasteiger partial charge in [0.15, 0.2) is 11.5 Å². The van der Waals surface area contributed by atoms with Crippen LogP contribution in [0.5, 0.6) is 0 Å². The highest BCUT2D eigenvalue weighted by Gasteiger charge is 2.35. The number of hydrogen-bond donors (Lipinski definition) is 1. The number of hydrogen-bond acceptors (Lipinski definition) is 3. The zero-order chi connectivity index (χ0) is 15.9. The van der Waals surface area contributed by atoms with Crippen molar-refractivity contribution in [1.82, 2.24) is 5.16 Å². The van der Waals surface area contributed by atoms with Crippen molar-refractivity contribution in [3.05, 3.63) is 35.0 Å². The topological polar surface area (TPSA) is 55.1 Å². The third-order valence-corrected chi connectivity index (χ3v) is 3.49. The van der Waals surface area contributed by atoms with E-state index >= 15 is 0 Å². The van der Waals surface area contributed by atoms with Crippen LogP contribution in [0.3, 0.4) is 0 Å². The second-order valence-corrected chi connectivity index (χ2v) is 5.46. The number of anilines is 1. The van der Waals surface area contributed by atoms with Gasteiger partial charge < -0.3 is 9.84 Å². The van der Waals surface area contributed by atoms with Crippen LogP contribution in [0.2, 0.25) is 5.02 Å². The molecule has 8 heteroatoms. The SMILES string of the molecule is O=C(Nc1ccc(Cl)cc1-c1cc(C(F)(F)F)no1)C1CC1. The lowest BCUT2D eigenvalue weighted by Crippen LogP contribution is -2.13. The summed E-state index contributed by atoms with van der Waals surface area (Å²) in [6.45, 7) is 0. The quantitative estimate of drug-likeness (QED) is 0.909. The zero-order valence-corrected chi connectivity index (χ0v) is 11.8. The van der Waals surface area contributed by atoms with Crippen LogP contribution in [0, 0.1) is 5.92 Å². The number of nitrogens with one attached hydrogen (secondary N) is 1. The molecule has 4 nitrogen and oxygen atoms in total. The largest absolute Gasteiger partial charge is 0.436 e. The number of aromatic nitrogens is 1. The fourth-order valence-corrected chi connectivity index (χ4v) is 2.12. The normalized spacial score (nSPS) is 14.9. The molecule has 22 heavy (non-hydrogen) atoms. The Kier molecular flexibility index (Phi) is 3.60. The summed E-state index contributed by atoms with van der Waals surface area (Å²) < 4.78 is 42.6. The van der Waals surface area contributed by atoms with Gasteiger partial charge in [-0.1, -0.05) is 16.8 Å². The lowest BCUT2D eigenvalue weighted by atomic mass is 10.1. The van der Waals surface area contributed by atoms with E-state index in [1.165, 1.54) is 18.2 Å². The Morgan fingerprint density at radius 1 is 1.32 bits per heavy atom. The van der Waals surface area contributed by atoms with Crippen LogP contribution in [0.4, 0.5) is 18.9 Å². The highest BCUT2D eigenvalue weighted by Crippen LogP contribution is 2.37. The molecule has 0 unspecified atom stereocenters. The van der Waals surface area contributed by atoms with E-state index in [0.29, 0.717) is 10.7 Å². The molecular weight excluding hydrogens is 321 g/mol. The molecule has 1 aromatic heterocycles. The molecule has 3 rings (SSSR count). The fraction of sp³-hybridized carbons (Fsp3) is 0.286. The average Bonchev–Trinajstić information content (AvgIpc) is 3.16. The van der Waals surface area contributed by atoms with Crippen molar-refractivity contribution in [2.24, 2.45) is 5.92 Å². The van der Waals surface area contributed by atoms with Crippen molar-refractivity contribution in [3.63, 3.8) is 0 Å². The van der Waals surface area contributed by atoms with Crippen LogP contribution in [-0.2, 0) is 11.0 Å². The van der Waals surface area contributed by atoms with Crippen molar-refractivity contribution in [2.75, 3.05) is 5.32 Å². The molecule has 0 spiro atoms. The van der Waals surface area contributed by atoms with Crippen molar-refractivity contribution in [2.45, 2.75) is 19.0 Å². The summed E-state index contributed by atoms with van der Waals surface area (Å²) >= 11 is 5.88. The molecule has 1 N–H and O–H groups in total. The Labute approximate surface area is 128 Å². The van der Waals surface area contributed by atoms with E-state index in [0.717, 1.165) is 18.9 Å². The number of carbonyl (C=O) groups excluding carboxylic acids is 1. The number of nitrogens with zero attached hydrogens (tertiary/aromatic N) is 1. The monoisotopic (exact) mass is 330 g/mol. The molecule has 1 aromatic carbocycles. The van der Waals surface area contributed by atoms with Gasteiger partial charge >= 0.3 is 6.18 Å². The molecule has 1 amide bonds. The first kappa shape index (κ1) is 14.9. The molecule has 1 heterocycles. The van der Waals surface area contributed by atoms with Crippen molar-refractivity contribution >= 4 is 23.2 Å². The molecule has 1 fully saturated rings. The fourth-order valence-electron chi connectivity index (χ4n) is 1.95. The van der Waals surface area contributed by atoms with Crippen LogP contribution in [0.15, 0.2) is 28.8 Å². The van der Waals surface area contributed by atoms with Crippen molar-refractivity contribution in [1.29, 1.82) is 0 Å². The van der Waals surface area contributed by atoms with E-state index in [4.69, 9.17) is 16.1 Å². The summed E-state index contributed by atoms with van der Waals surface area (Å²) in [5.41, 5.74) is -0.544. The van der Waals surface area contributed by atoms with Gasteiger partial charge in [0.05, 0.1) is 5.69 Å². The van der Waals surface area contributed by atoms with Crippen LogP contribution < -0.4 is 5.32 Å². The van der Waals surface area contributed by atoms with Crippen LogP contribution >= 0.6 is 11.6 Å². The first-order chi connectivity index (χ1) is 10.3. The Morgan fingerprint density at radius 2 is 2.05 bits per heavy atom. The third kappa shape index (κ3) is 3.09. The van der Waals surface area contributed by atoms with Crippen LogP contribution in [0.1, 0.15) is 18.5 Å². The van der Waals surface area contributed by atoms with E-state index in [1.807, 2.05) is 0 Å². The van der Waals surface area contributed by atoms with Gasteiger partial charge in [-0.15, -0.1) is 0 Å². The Bertz CT molecular complexity index is 723. The lowest BCUT2D eigenvalue weighted by Gasteiger charge is -2.09. The highest BCUT2D eigenvalue weighted by atomic mass is 35.5. The average molecular weight is 331 g/mol. The second kappa shape index (κ2) is 5.31. The molecule has 0 bridgehead atoms. The van der Waals surface area contributed by atoms with Gasteiger partial charge in [0, 0.05) is 22.6 Å². The molecular formula is C14H10ClF3N2O2. The maximum atomic E-state index is 12.6. The van der Waals surface area contributed by atoms with Gasteiger partial charge in [0.1, 0.15) is 0 Å². The third-order valence-electron chi connectivity index (χ3n) is 3.25. The second-order valence-electron chi connectivity index (χ2n) is 5.03. The van der Waals surface area contributed by atoms with Gasteiger partial charge in [-0.3, -0.25) is 4.79 Å². The van der Waals surface area contributed by atoms with Crippen molar-refractivity contribution < 1.29 is 22.5 Å². The number of amides is 1. The molecule has 0 aliphatic heterocycles. The van der Waals surface area contributed by atoms with E-state index in [9.17, 15) is 18.0 Å². The van der Waals surface area contributed by atoms with Crippen molar-refractivity contribution in [3.8, 4) is 11.3 Å². The smallest absolute Gasteiger partial charge is 0.356 e. The molecule has 0 saturated heterocycles. The molecule has 2 aromatic rings. The standard InChI is InChI=1S/C14H10ClF3N2O2/c15-8-3-4-10(19-13(21)7-1-2-7)9(5-8)11-6-12(20-22-11)14(16,17)18/h3-7H,1-2H2,(H,19,21).